The molecule has 2 aromatic rings. The fourth-order valence-electron chi connectivity index (χ4n) is 4.93. The zero-order valence-corrected chi connectivity index (χ0v) is 16.9. The molecule has 0 spiro atoms. The van der Waals surface area contributed by atoms with Gasteiger partial charge in [0, 0.05) is 42.9 Å². The Morgan fingerprint density at radius 2 is 1.86 bits per heavy atom. The number of esters is 1. The number of aromatic nitrogens is 1. The summed E-state index contributed by atoms with van der Waals surface area (Å²) in [6.07, 6.45) is 7.27. The summed E-state index contributed by atoms with van der Waals surface area (Å²) < 4.78 is 7.68. The first-order chi connectivity index (χ1) is 13.6. The maximum absolute atomic E-state index is 13.0. The molecule has 0 amide bonds. The van der Waals surface area contributed by atoms with E-state index in [4.69, 9.17) is 4.74 Å². The maximum Gasteiger partial charge on any atom is 0.339 e. The van der Waals surface area contributed by atoms with Crippen molar-refractivity contribution in [1.82, 2.24) is 9.47 Å². The predicted octanol–water partition coefficient (Wildman–Crippen LogP) is 3.97. The number of pyridine rings is 1. The number of piperidine rings is 1. The Kier molecular flexibility index (Phi) is 5.54. The van der Waals surface area contributed by atoms with Gasteiger partial charge in [0.25, 0.3) is 5.56 Å². The molecule has 0 saturated carbocycles. The van der Waals surface area contributed by atoms with E-state index >= 15 is 0 Å². The zero-order chi connectivity index (χ0) is 19.7. The van der Waals surface area contributed by atoms with E-state index < -0.39 is 0 Å². The second kappa shape index (κ2) is 8.08. The average molecular weight is 383 g/mol. The number of nitrogens with zero attached hydrogens (tertiary/aromatic N) is 2. The van der Waals surface area contributed by atoms with Crippen molar-refractivity contribution in [2.24, 2.45) is 0 Å². The normalized spacial score (nSPS) is 24.6. The van der Waals surface area contributed by atoms with Gasteiger partial charge in [0.1, 0.15) is 6.10 Å². The molecule has 4 rings (SSSR count). The van der Waals surface area contributed by atoms with Crippen molar-refractivity contribution >= 4 is 16.9 Å². The van der Waals surface area contributed by atoms with E-state index in [2.05, 4.69) is 18.9 Å². The van der Waals surface area contributed by atoms with Gasteiger partial charge < -0.3 is 14.2 Å². The Morgan fingerprint density at radius 1 is 1.14 bits per heavy atom. The summed E-state index contributed by atoms with van der Waals surface area (Å²) in [6, 6.07) is 10.2. The van der Waals surface area contributed by atoms with E-state index in [0.717, 1.165) is 43.0 Å². The van der Waals surface area contributed by atoms with Gasteiger partial charge in [0.2, 0.25) is 0 Å². The second-order valence-electron chi connectivity index (χ2n) is 8.32. The lowest BCUT2D eigenvalue weighted by molar-refractivity contribution is -0.000287. The molecule has 2 bridgehead atoms. The highest BCUT2D eigenvalue weighted by Crippen LogP contribution is 2.35. The minimum Gasteiger partial charge on any atom is -0.459 e. The van der Waals surface area contributed by atoms with Gasteiger partial charge in [-0.2, -0.15) is 0 Å². The number of fused-ring (bicyclic) bond motifs is 3. The van der Waals surface area contributed by atoms with Crippen molar-refractivity contribution in [3.05, 3.63) is 46.2 Å². The Balaban J connectivity index is 1.59. The Morgan fingerprint density at radius 3 is 2.57 bits per heavy atom. The van der Waals surface area contributed by atoms with Crippen molar-refractivity contribution in [3.8, 4) is 0 Å². The molecule has 150 valence electrons. The SMILES string of the molecule is CCCCCn1c(=O)cc(C(=O)OC2CC3CCC(C2)N3C)c2ccccc21. The van der Waals surface area contributed by atoms with E-state index in [1.54, 1.807) is 4.57 Å². The molecular formula is C23H30N2O3. The number of unbranched alkanes of at least 4 members (excludes halogenated alkanes) is 2. The number of ether oxygens (including phenoxy) is 1. The van der Waals surface area contributed by atoms with Gasteiger partial charge in [0.05, 0.1) is 11.1 Å². The Labute approximate surface area is 166 Å². The molecule has 2 unspecified atom stereocenters. The van der Waals surface area contributed by atoms with Gasteiger partial charge in [-0.05, 0) is 32.4 Å². The van der Waals surface area contributed by atoms with Crippen LogP contribution in [0.15, 0.2) is 35.1 Å². The third kappa shape index (κ3) is 3.60. The molecular weight excluding hydrogens is 352 g/mol. The lowest BCUT2D eigenvalue weighted by atomic mass is 10.0. The van der Waals surface area contributed by atoms with Gasteiger partial charge in [-0.15, -0.1) is 0 Å². The molecule has 1 aromatic heterocycles. The smallest absolute Gasteiger partial charge is 0.339 e. The number of benzene rings is 1. The van der Waals surface area contributed by atoms with Crippen LogP contribution in [0.5, 0.6) is 0 Å². The van der Waals surface area contributed by atoms with Gasteiger partial charge in [0.15, 0.2) is 0 Å². The molecule has 0 aliphatic carbocycles. The van der Waals surface area contributed by atoms with Crippen molar-refractivity contribution in [3.63, 3.8) is 0 Å². The van der Waals surface area contributed by atoms with E-state index in [0.29, 0.717) is 24.2 Å². The van der Waals surface area contributed by atoms with Gasteiger partial charge in [-0.3, -0.25) is 4.79 Å². The van der Waals surface area contributed by atoms with E-state index in [9.17, 15) is 9.59 Å². The monoisotopic (exact) mass is 382 g/mol. The average Bonchev–Trinajstić information content (AvgIpc) is 2.90. The summed E-state index contributed by atoms with van der Waals surface area (Å²) >= 11 is 0. The van der Waals surface area contributed by atoms with Crippen LogP contribution in [0.2, 0.25) is 0 Å². The summed E-state index contributed by atoms with van der Waals surface area (Å²) in [5.41, 5.74) is 1.10. The third-order valence-corrected chi connectivity index (χ3v) is 6.55. The molecule has 0 N–H and O–H groups in total. The first kappa shape index (κ1) is 19.2. The van der Waals surface area contributed by atoms with Crippen molar-refractivity contribution in [2.75, 3.05) is 7.05 Å². The van der Waals surface area contributed by atoms with Crippen LogP contribution in [0.1, 0.15) is 62.2 Å². The van der Waals surface area contributed by atoms with Crippen molar-refractivity contribution < 1.29 is 9.53 Å². The molecule has 2 fully saturated rings. The summed E-state index contributed by atoms with van der Waals surface area (Å²) in [4.78, 5) is 28.2. The fourth-order valence-corrected chi connectivity index (χ4v) is 4.93. The van der Waals surface area contributed by atoms with Crippen LogP contribution in [-0.4, -0.2) is 40.7 Å². The Bertz CT molecular complexity index is 906. The second-order valence-corrected chi connectivity index (χ2v) is 8.32. The maximum atomic E-state index is 13.0. The van der Waals surface area contributed by atoms with Crippen LogP contribution >= 0.6 is 0 Å². The zero-order valence-electron chi connectivity index (χ0n) is 16.9. The summed E-state index contributed by atoms with van der Waals surface area (Å²) in [6.45, 7) is 2.83. The van der Waals surface area contributed by atoms with Crippen molar-refractivity contribution in [2.45, 2.75) is 76.6 Å². The van der Waals surface area contributed by atoms with Gasteiger partial charge in [-0.1, -0.05) is 38.0 Å². The van der Waals surface area contributed by atoms with Crippen LogP contribution in [0.3, 0.4) is 0 Å². The minimum absolute atomic E-state index is 0.0491. The quantitative estimate of drug-likeness (QED) is 0.560. The summed E-state index contributed by atoms with van der Waals surface area (Å²) in [5.74, 6) is -0.358. The standard InChI is InChI=1S/C23H30N2O3/c1-3-4-7-12-25-21-9-6-5-8-19(21)20(15-22(25)26)23(27)28-18-13-16-10-11-17(14-18)24(16)2/h5-6,8-9,15-18H,3-4,7,10-14H2,1-2H3. The molecule has 2 aliphatic rings. The lowest BCUT2D eigenvalue weighted by Gasteiger charge is -2.35. The highest BCUT2D eigenvalue weighted by molar-refractivity contribution is 6.03. The largest absolute Gasteiger partial charge is 0.459 e. The number of para-hydroxylation sites is 1. The number of carbonyl (C=O) groups is 1. The van der Waals surface area contributed by atoms with E-state index in [1.165, 1.54) is 18.9 Å². The molecule has 2 saturated heterocycles. The van der Waals surface area contributed by atoms with E-state index in [-0.39, 0.29) is 17.6 Å². The molecule has 28 heavy (non-hydrogen) atoms. The lowest BCUT2D eigenvalue weighted by Crippen LogP contribution is -2.43. The molecule has 5 nitrogen and oxygen atoms in total. The molecule has 0 radical (unpaired) electrons. The number of carbonyl (C=O) groups excluding carboxylic acids is 1. The number of hydrogen-bond donors (Lipinski definition) is 0. The van der Waals surface area contributed by atoms with E-state index in [1.807, 2.05) is 24.3 Å². The summed E-state index contributed by atoms with van der Waals surface area (Å²) in [7, 11) is 2.17. The Hall–Kier alpha value is -2.14. The van der Waals surface area contributed by atoms with Gasteiger partial charge >= 0.3 is 5.97 Å². The molecule has 3 heterocycles. The molecule has 5 heteroatoms. The fraction of sp³-hybridized carbons (Fsp3) is 0.565. The molecule has 2 aliphatic heterocycles. The number of aryl methyl sites for hydroxylation is 1. The first-order valence-electron chi connectivity index (χ1n) is 10.6. The summed E-state index contributed by atoms with van der Waals surface area (Å²) in [5, 5.41) is 0.805. The van der Waals surface area contributed by atoms with Crippen molar-refractivity contribution in [1.29, 1.82) is 0 Å². The minimum atomic E-state index is -0.358. The van der Waals surface area contributed by atoms with Crippen LogP contribution in [0.25, 0.3) is 10.9 Å². The molecule has 1 aromatic carbocycles. The topological polar surface area (TPSA) is 51.5 Å². The highest BCUT2D eigenvalue weighted by Gasteiger charge is 2.40. The van der Waals surface area contributed by atoms with Crippen LogP contribution in [0.4, 0.5) is 0 Å². The first-order valence-corrected chi connectivity index (χ1v) is 10.6. The predicted molar refractivity (Wildman–Crippen MR) is 111 cm³/mol. The van der Waals surface area contributed by atoms with Crippen LogP contribution in [-0.2, 0) is 11.3 Å². The van der Waals surface area contributed by atoms with Gasteiger partial charge in [-0.25, -0.2) is 4.79 Å². The number of hydrogen-bond acceptors (Lipinski definition) is 4. The van der Waals surface area contributed by atoms with Crippen LogP contribution < -0.4 is 5.56 Å². The number of rotatable bonds is 6. The highest BCUT2D eigenvalue weighted by atomic mass is 16.5. The molecule has 2 atom stereocenters. The van der Waals surface area contributed by atoms with Crippen LogP contribution in [0, 0.1) is 0 Å². The third-order valence-electron chi connectivity index (χ3n) is 6.55.